The number of hydrogen-bond donors (Lipinski definition) is 4. The van der Waals surface area contributed by atoms with Crippen LogP contribution in [-0.4, -0.2) is 50.6 Å². The minimum absolute atomic E-state index is 0.0449. The van der Waals surface area contributed by atoms with E-state index >= 15 is 0 Å². The molecule has 1 aliphatic heterocycles. The number of aliphatic carboxylic acids is 1. The van der Waals surface area contributed by atoms with Crippen molar-refractivity contribution < 1.29 is 28.7 Å². The van der Waals surface area contributed by atoms with Gasteiger partial charge in [-0.1, -0.05) is 29.8 Å². The Bertz CT molecular complexity index is 1460. The number of benzene rings is 2. The number of amides is 4. The average Bonchev–Trinajstić information content (AvgIpc) is 3.35. The van der Waals surface area contributed by atoms with Crippen LogP contribution in [-0.2, 0) is 22.6 Å². The number of primary amides is 1. The molecule has 1 aromatic heterocycles. The summed E-state index contributed by atoms with van der Waals surface area (Å²) < 4.78 is 15.4. The summed E-state index contributed by atoms with van der Waals surface area (Å²) in [6.07, 6.45) is 2.38. The van der Waals surface area contributed by atoms with Gasteiger partial charge < -0.3 is 26.4 Å². The summed E-state index contributed by atoms with van der Waals surface area (Å²) in [5, 5.41) is 15.0. The number of urea groups is 1. The number of likely N-dealkylation sites (tertiary alicyclic amines) is 1. The highest BCUT2D eigenvalue weighted by Gasteiger charge is 2.56. The van der Waals surface area contributed by atoms with Crippen molar-refractivity contribution in [3.05, 3.63) is 64.6 Å². The molecule has 0 spiro atoms. The van der Waals surface area contributed by atoms with Gasteiger partial charge in [0.2, 0.25) is 5.91 Å². The molecule has 2 aromatic carbocycles. The Morgan fingerprint density at radius 1 is 1.16 bits per heavy atom. The first kappa shape index (κ1) is 24.6. The molecule has 1 aliphatic carbocycles. The van der Waals surface area contributed by atoms with Crippen LogP contribution in [0.2, 0.25) is 5.02 Å². The molecule has 1 saturated carbocycles. The molecule has 12 heteroatoms. The molecule has 0 radical (unpaired) electrons. The van der Waals surface area contributed by atoms with E-state index in [1.165, 1.54) is 23.2 Å². The fourth-order valence-electron chi connectivity index (χ4n) is 4.99. The van der Waals surface area contributed by atoms with E-state index in [4.69, 9.17) is 22.4 Å². The van der Waals surface area contributed by atoms with E-state index in [-0.39, 0.29) is 41.2 Å². The third-order valence-corrected chi connectivity index (χ3v) is 7.12. The minimum Gasteiger partial charge on any atom is -0.481 e. The van der Waals surface area contributed by atoms with Crippen LogP contribution >= 0.6 is 11.6 Å². The third kappa shape index (κ3) is 4.69. The summed E-state index contributed by atoms with van der Waals surface area (Å²) in [6.45, 7) is -0.0784. The Kier molecular flexibility index (Phi) is 6.24. The van der Waals surface area contributed by atoms with Crippen molar-refractivity contribution in [3.8, 4) is 0 Å². The molecule has 4 amide bonds. The number of halogens is 2. The molecule has 5 rings (SSSR count). The van der Waals surface area contributed by atoms with Crippen molar-refractivity contribution in [1.82, 2.24) is 14.8 Å². The molecular formula is C25H23ClFN5O5. The molecule has 5 N–H and O–H groups in total. The van der Waals surface area contributed by atoms with Crippen LogP contribution in [0.5, 0.6) is 0 Å². The first-order chi connectivity index (χ1) is 17.6. The van der Waals surface area contributed by atoms with Crippen LogP contribution < -0.4 is 16.4 Å². The highest BCUT2D eigenvalue weighted by molar-refractivity contribution is 6.30. The van der Waals surface area contributed by atoms with Crippen molar-refractivity contribution in [2.45, 2.75) is 37.9 Å². The largest absolute Gasteiger partial charge is 0.481 e. The van der Waals surface area contributed by atoms with E-state index < -0.39 is 35.8 Å². The predicted octanol–water partition coefficient (Wildman–Crippen LogP) is 3.30. The number of carbonyl (C=O) groups is 4. The number of carboxylic acids is 1. The van der Waals surface area contributed by atoms with Crippen LogP contribution in [0.15, 0.2) is 42.6 Å². The quantitative estimate of drug-likeness (QED) is 0.388. The maximum atomic E-state index is 14.2. The van der Waals surface area contributed by atoms with Crippen LogP contribution in [0.3, 0.4) is 0 Å². The molecule has 1 saturated heterocycles. The van der Waals surface area contributed by atoms with Crippen molar-refractivity contribution in [1.29, 1.82) is 0 Å². The van der Waals surface area contributed by atoms with E-state index in [0.717, 1.165) is 11.0 Å². The van der Waals surface area contributed by atoms with Gasteiger partial charge in [-0.25, -0.2) is 14.0 Å². The van der Waals surface area contributed by atoms with Gasteiger partial charge in [-0.15, -0.1) is 0 Å². The van der Waals surface area contributed by atoms with Gasteiger partial charge in [0.05, 0.1) is 22.6 Å². The number of carboxylic acid groups (broad SMARTS) is 1. The molecule has 2 heterocycles. The molecule has 3 atom stereocenters. The number of piperidine rings is 1. The van der Waals surface area contributed by atoms with Crippen molar-refractivity contribution in [2.75, 3.05) is 5.32 Å². The summed E-state index contributed by atoms with van der Waals surface area (Å²) in [7, 11) is 0. The molecule has 0 unspecified atom stereocenters. The topological polar surface area (TPSA) is 147 Å². The molecule has 192 valence electrons. The molecule has 10 nitrogen and oxygen atoms in total. The second-order valence-electron chi connectivity index (χ2n) is 9.26. The second-order valence-corrected chi connectivity index (χ2v) is 9.66. The van der Waals surface area contributed by atoms with Gasteiger partial charge in [-0.05, 0) is 42.5 Å². The van der Waals surface area contributed by atoms with E-state index in [1.54, 1.807) is 24.3 Å². The molecule has 0 bridgehead atoms. The Labute approximate surface area is 215 Å². The lowest BCUT2D eigenvalue weighted by Gasteiger charge is -2.27. The van der Waals surface area contributed by atoms with Gasteiger partial charge in [0, 0.05) is 29.7 Å². The number of nitrogens with zero attached hydrogens (tertiary/aromatic N) is 2. The predicted molar refractivity (Wildman–Crippen MR) is 133 cm³/mol. The first-order valence-electron chi connectivity index (χ1n) is 11.6. The number of carbonyl (C=O) groups excluding carboxylic acids is 3. The van der Waals surface area contributed by atoms with Crippen LogP contribution in [0.4, 0.5) is 19.7 Å². The zero-order chi connectivity index (χ0) is 26.4. The maximum absolute atomic E-state index is 14.2. The summed E-state index contributed by atoms with van der Waals surface area (Å²) in [5.74, 6) is -1.85. The molecule has 2 aliphatic rings. The van der Waals surface area contributed by atoms with Gasteiger partial charge in [-0.2, -0.15) is 0 Å². The number of rotatable bonds is 6. The first-order valence-corrected chi connectivity index (χ1v) is 12.0. The third-order valence-electron chi connectivity index (χ3n) is 6.83. The highest BCUT2D eigenvalue weighted by atomic mass is 35.5. The standard InChI is InChI=1S/C25H23ClFN5O5/c26-16-3-1-2-13(22(16)27)10-29-23(35)20-9-14-8-19(14)32(20)25(37)30-17-11-31(24(28)36)18-5-4-12(6-15(17)18)7-21(33)34/h1-6,11,14,19-20H,7-10H2,(H2,28,36)(H,29,35)(H,30,37)(H,33,34)/t14-,19-,20+/m1/s1. The van der Waals surface area contributed by atoms with Gasteiger partial charge >= 0.3 is 18.0 Å². The summed E-state index contributed by atoms with van der Waals surface area (Å²) in [4.78, 5) is 50.9. The van der Waals surface area contributed by atoms with Gasteiger partial charge in [0.15, 0.2) is 0 Å². The smallest absolute Gasteiger partial charge is 0.323 e. The number of nitrogens with two attached hydrogens (primary N) is 1. The fourth-order valence-corrected chi connectivity index (χ4v) is 5.19. The van der Waals surface area contributed by atoms with Crippen molar-refractivity contribution in [2.24, 2.45) is 11.7 Å². The number of hydrogen-bond acceptors (Lipinski definition) is 4. The summed E-state index contributed by atoms with van der Waals surface area (Å²) in [6, 6.07) is 7.06. The zero-order valence-electron chi connectivity index (χ0n) is 19.4. The van der Waals surface area contributed by atoms with E-state index in [0.29, 0.717) is 22.9 Å². The van der Waals surface area contributed by atoms with Gasteiger partial charge in [0.25, 0.3) is 0 Å². The lowest BCUT2D eigenvalue weighted by Crippen LogP contribution is -2.49. The number of fused-ring (bicyclic) bond motifs is 2. The minimum atomic E-state index is -1.03. The summed E-state index contributed by atoms with van der Waals surface area (Å²) >= 11 is 5.81. The summed E-state index contributed by atoms with van der Waals surface area (Å²) in [5.41, 5.74) is 6.85. The Morgan fingerprint density at radius 2 is 1.95 bits per heavy atom. The van der Waals surface area contributed by atoms with E-state index in [2.05, 4.69) is 10.6 Å². The highest BCUT2D eigenvalue weighted by Crippen LogP contribution is 2.48. The van der Waals surface area contributed by atoms with E-state index in [1.807, 2.05) is 0 Å². The Hall–Kier alpha value is -4.12. The molecular weight excluding hydrogens is 505 g/mol. The monoisotopic (exact) mass is 527 g/mol. The SMILES string of the molecule is NC(=O)n1cc(NC(=O)N2[C@@H]3C[C@@H]3C[C@H]2C(=O)NCc2cccc(Cl)c2F)c2cc(CC(=O)O)ccc21. The van der Waals surface area contributed by atoms with Crippen molar-refractivity contribution in [3.63, 3.8) is 0 Å². The molecule has 3 aromatic rings. The number of anilines is 1. The van der Waals surface area contributed by atoms with Gasteiger partial charge in [0.1, 0.15) is 11.9 Å². The zero-order valence-corrected chi connectivity index (χ0v) is 20.2. The Balaban J connectivity index is 1.36. The Morgan fingerprint density at radius 3 is 2.68 bits per heavy atom. The second kappa shape index (κ2) is 9.40. The van der Waals surface area contributed by atoms with Crippen LogP contribution in [0.1, 0.15) is 24.0 Å². The fraction of sp³-hybridized carbons (Fsp3) is 0.280. The van der Waals surface area contributed by atoms with E-state index in [9.17, 15) is 23.6 Å². The van der Waals surface area contributed by atoms with Crippen LogP contribution in [0.25, 0.3) is 10.9 Å². The lowest BCUT2D eigenvalue weighted by atomic mass is 10.1. The lowest BCUT2D eigenvalue weighted by molar-refractivity contribution is -0.136. The number of nitrogens with one attached hydrogen (secondary N) is 2. The van der Waals surface area contributed by atoms with Crippen LogP contribution in [0, 0.1) is 11.7 Å². The number of aromatic nitrogens is 1. The molecule has 2 fully saturated rings. The average molecular weight is 528 g/mol. The maximum Gasteiger partial charge on any atom is 0.323 e. The van der Waals surface area contributed by atoms with Crippen molar-refractivity contribution >= 4 is 52.1 Å². The van der Waals surface area contributed by atoms with Gasteiger partial charge in [-0.3, -0.25) is 14.2 Å². The normalized spacial score (nSPS) is 19.9. The molecule has 37 heavy (non-hydrogen) atoms.